The monoisotopic (exact) mass is 150 g/mol. The average molecular weight is 150 g/mol. The van der Waals surface area contributed by atoms with Crippen LogP contribution in [0.15, 0.2) is 18.2 Å². The summed E-state index contributed by atoms with van der Waals surface area (Å²) in [6.45, 7) is 4.10. The van der Waals surface area contributed by atoms with Crippen molar-refractivity contribution in [1.82, 2.24) is 10.3 Å². The van der Waals surface area contributed by atoms with Gasteiger partial charge in [-0.3, -0.25) is 4.98 Å². The lowest BCUT2D eigenvalue weighted by Gasteiger charge is -2.08. The highest BCUT2D eigenvalue weighted by molar-refractivity contribution is 5.12. The van der Waals surface area contributed by atoms with Crippen LogP contribution in [-0.2, 0) is 0 Å². The summed E-state index contributed by atoms with van der Waals surface area (Å²) in [4.78, 5) is 4.38. The molecule has 11 heavy (non-hydrogen) atoms. The molecule has 1 aromatic heterocycles. The highest BCUT2D eigenvalue weighted by Gasteiger charge is 2.01. The molecule has 2 nitrogen and oxygen atoms in total. The minimum atomic E-state index is 0.342. The standard InChI is InChI=1S/C9H14N2/c1-7-5-4-6-9(11-7)8(2)10-3/h4-6,8,10H,1-3H3/t8-/m1/s1. The lowest BCUT2D eigenvalue weighted by atomic mass is 10.2. The normalized spacial score (nSPS) is 13.0. The first kappa shape index (κ1) is 8.21. The molecule has 0 bridgehead atoms. The molecule has 0 radical (unpaired) electrons. The molecule has 1 rings (SSSR count). The number of nitrogens with one attached hydrogen (secondary N) is 1. The molecule has 0 saturated carbocycles. The molecule has 1 N–H and O–H groups in total. The molecule has 1 atom stereocenters. The van der Waals surface area contributed by atoms with Gasteiger partial charge in [0, 0.05) is 11.7 Å². The molecule has 2 heteroatoms. The van der Waals surface area contributed by atoms with E-state index in [1.165, 1.54) is 0 Å². The zero-order valence-corrected chi connectivity index (χ0v) is 7.26. The third-order valence-electron chi connectivity index (χ3n) is 1.79. The number of nitrogens with zero attached hydrogens (tertiary/aromatic N) is 1. The molecular weight excluding hydrogens is 136 g/mol. The van der Waals surface area contributed by atoms with Crippen LogP contribution in [0.25, 0.3) is 0 Å². The summed E-state index contributed by atoms with van der Waals surface area (Å²) >= 11 is 0. The van der Waals surface area contributed by atoms with Gasteiger partial charge in [-0.1, -0.05) is 6.07 Å². The van der Waals surface area contributed by atoms with Gasteiger partial charge in [-0.25, -0.2) is 0 Å². The number of rotatable bonds is 2. The first-order valence-electron chi connectivity index (χ1n) is 3.85. The van der Waals surface area contributed by atoms with Crippen LogP contribution in [0.5, 0.6) is 0 Å². The second-order valence-electron chi connectivity index (χ2n) is 2.71. The van der Waals surface area contributed by atoms with Crippen LogP contribution in [0.2, 0.25) is 0 Å². The average Bonchev–Trinajstić information content (AvgIpc) is 2.03. The quantitative estimate of drug-likeness (QED) is 0.693. The van der Waals surface area contributed by atoms with Crippen LogP contribution in [0.1, 0.15) is 24.4 Å². The van der Waals surface area contributed by atoms with Crippen molar-refractivity contribution in [3.8, 4) is 0 Å². The first-order valence-corrected chi connectivity index (χ1v) is 3.85. The predicted octanol–water partition coefficient (Wildman–Crippen LogP) is 1.67. The van der Waals surface area contributed by atoms with E-state index < -0.39 is 0 Å². The molecule has 1 heterocycles. The molecule has 0 aliphatic heterocycles. The minimum Gasteiger partial charge on any atom is -0.312 e. The fraction of sp³-hybridized carbons (Fsp3) is 0.444. The molecule has 0 spiro atoms. The van der Waals surface area contributed by atoms with Gasteiger partial charge in [-0.05, 0) is 33.0 Å². The Hall–Kier alpha value is -0.890. The maximum absolute atomic E-state index is 4.38. The minimum absolute atomic E-state index is 0.342. The molecule has 0 amide bonds. The van der Waals surface area contributed by atoms with Gasteiger partial charge in [-0.2, -0.15) is 0 Å². The molecule has 1 aromatic rings. The van der Waals surface area contributed by atoms with E-state index in [9.17, 15) is 0 Å². The van der Waals surface area contributed by atoms with E-state index in [1.807, 2.05) is 32.2 Å². The summed E-state index contributed by atoms with van der Waals surface area (Å²) in [5.41, 5.74) is 2.18. The molecule has 0 aliphatic carbocycles. The summed E-state index contributed by atoms with van der Waals surface area (Å²) in [5, 5.41) is 3.15. The lowest BCUT2D eigenvalue weighted by Crippen LogP contribution is -2.13. The molecule has 0 saturated heterocycles. The highest BCUT2D eigenvalue weighted by Crippen LogP contribution is 2.07. The van der Waals surface area contributed by atoms with E-state index in [1.54, 1.807) is 0 Å². The maximum atomic E-state index is 4.38. The summed E-state index contributed by atoms with van der Waals surface area (Å²) < 4.78 is 0. The molecule has 0 fully saturated rings. The van der Waals surface area contributed by atoms with Crippen LogP contribution >= 0.6 is 0 Å². The van der Waals surface area contributed by atoms with Crippen LogP contribution < -0.4 is 5.32 Å². The molecular formula is C9H14N2. The van der Waals surface area contributed by atoms with Crippen molar-refractivity contribution in [2.24, 2.45) is 0 Å². The van der Waals surface area contributed by atoms with Crippen molar-refractivity contribution in [2.45, 2.75) is 19.9 Å². The predicted molar refractivity (Wildman–Crippen MR) is 46.4 cm³/mol. The van der Waals surface area contributed by atoms with E-state index in [4.69, 9.17) is 0 Å². The van der Waals surface area contributed by atoms with E-state index in [0.717, 1.165) is 11.4 Å². The van der Waals surface area contributed by atoms with Crippen LogP contribution in [-0.4, -0.2) is 12.0 Å². The van der Waals surface area contributed by atoms with Gasteiger partial charge in [0.25, 0.3) is 0 Å². The molecule has 0 unspecified atom stereocenters. The SMILES string of the molecule is CN[C@H](C)c1cccc(C)n1. The van der Waals surface area contributed by atoms with E-state index in [2.05, 4.69) is 17.2 Å². The summed E-state index contributed by atoms with van der Waals surface area (Å²) in [6.07, 6.45) is 0. The van der Waals surface area contributed by atoms with E-state index in [0.29, 0.717) is 6.04 Å². The zero-order valence-electron chi connectivity index (χ0n) is 7.26. The first-order chi connectivity index (χ1) is 5.24. The van der Waals surface area contributed by atoms with E-state index >= 15 is 0 Å². The maximum Gasteiger partial charge on any atom is 0.0573 e. The van der Waals surface area contributed by atoms with Crippen molar-refractivity contribution in [3.63, 3.8) is 0 Å². The van der Waals surface area contributed by atoms with Crippen molar-refractivity contribution in [1.29, 1.82) is 0 Å². The van der Waals surface area contributed by atoms with Crippen LogP contribution in [0.3, 0.4) is 0 Å². The van der Waals surface area contributed by atoms with Gasteiger partial charge < -0.3 is 5.32 Å². The van der Waals surface area contributed by atoms with Gasteiger partial charge in [0.1, 0.15) is 0 Å². The molecule has 0 aliphatic rings. The second-order valence-corrected chi connectivity index (χ2v) is 2.71. The fourth-order valence-electron chi connectivity index (χ4n) is 0.953. The summed E-state index contributed by atoms with van der Waals surface area (Å²) in [5.74, 6) is 0. The van der Waals surface area contributed by atoms with Crippen molar-refractivity contribution < 1.29 is 0 Å². The number of hydrogen-bond acceptors (Lipinski definition) is 2. The Morgan fingerprint density at radius 3 is 2.73 bits per heavy atom. The zero-order chi connectivity index (χ0) is 8.27. The fourth-order valence-corrected chi connectivity index (χ4v) is 0.953. The Labute approximate surface area is 67.7 Å². The van der Waals surface area contributed by atoms with Crippen LogP contribution in [0, 0.1) is 6.92 Å². The van der Waals surface area contributed by atoms with Gasteiger partial charge in [0.05, 0.1) is 5.69 Å². The Bertz CT molecular complexity index is 233. The topological polar surface area (TPSA) is 24.9 Å². The van der Waals surface area contributed by atoms with Gasteiger partial charge in [-0.15, -0.1) is 0 Å². The van der Waals surface area contributed by atoms with Crippen molar-refractivity contribution in [2.75, 3.05) is 7.05 Å². The third-order valence-corrected chi connectivity index (χ3v) is 1.79. The van der Waals surface area contributed by atoms with Gasteiger partial charge in [0.15, 0.2) is 0 Å². The Kier molecular flexibility index (Phi) is 2.60. The number of hydrogen-bond donors (Lipinski definition) is 1. The highest BCUT2D eigenvalue weighted by atomic mass is 14.9. The van der Waals surface area contributed by atoms with Crippen molar-refractivity contribution in [3.05, 3.63) is 29.6 Å². The molecule has 0 aromatic carbocycles. The summed E-state index contributed by atoms with van der Waals surface area (Å²) in [6, 6.07) is 6.42. The van der Waals surface area contributed by atoms with E-state index in [-0.39, 0.29) is 0 Å². The smallest absolute Gasteiger partial charge is 0.0573 e. The van der Waals surface area contributed by atoms with Gasteiger partial charge in [0.2, 0.25) is 0 Å². The Morgan fingerprint density at radius 1 is 1.45 bits per heavy atom. The third kappa shape index (κ3) is 2.02. The lowest BCUT2D eigenvalue weighted by molar-refractivity contribution is 0.631. The molecule has 60 valence electrons. The van der Waals surface area contributed by atoms with Gasteiger partial charge >= 0.3 is 0 Å². The summed E-state index contributed by atoms with van der Waals surface area (Å²) in [7, 11) is 1.94. The Balaban J connectivity index is 2.86. The van der Waals surface area contributed by atoms with Crippen molar-refractivity contribution >= 4 is 0 Å². The number of aromatic nitrogens is 1. The van der Waals surface area contributed by atoms with Crippen LogP contribution in [0.4, 0.5) is 0 Å². The largest absolute Gasteiger partial charge is 0.312 e. The Morgan fingerprint density at radius 2 is 2.18 bits per heavy atom. The number of aryl methyl sites for hydroxylation is 1. The second kappa shape index (κ2) is 3.49. The number of pyridine rings is 1.